The third-order valence-corrected chi connectivity index (χ3v) is 3.66. The molecule has 1 fully saturated rings. The maximum absolute atomic E-state index is 5.21. The molecule has 1 atom stereocenters. The molecule has 96 valence electrons. The van der Waals surface area contributed by atoms with Crippen LogP contribution in [0.1, 0.15) is 32.6 Å². The molecule has 0 aliphatic carbocycles. The van der Waals surface area contributed by atoms with Gasteiger partial charge in [-0.1, -0.05) is 19.8 Å². The second-order valence-corrected chi connectivity index (χ2v) is 4.97. The summed E-state index contributed by atoms with van der Waals surface area (Å²) in [5.41, 5.74) is 0. The number of piperidine rings is 1. The van der Waals surface area contributed by atoms with E-state index in [1.54, 1.807) is 7.11 Å². The average Bonchev–Trinajstić information content (AvgIpc) is 2.31. The highest BCUT2D eigenvalue weighted by Gasteiger charge is 2.20. The highest BCUT2D eigenvalue weighted by atomic mass is 16.5. The predicted octanol–water partition coefficient (Wildman–Crippen LogP) is 1.73. The molecule has 1 aliphatic rings. The molecule has 3 heteroatoms. The fraction of sp³-hybridized carbons (Fsp3) is 1.00. The van der Waals surface area contributed by atoms with Gasteiger partial charge in [-0.3, -0.25) is 0 Å². The lowest BCUT2D eigenvalue weighted by molar-refractivity contribution is 0.119. The Hall–Kier alpha value is -0.120. The Morgan fingerprint density at radius 2 is 2.06 bits per heavy atom. The van der Waals surface area contributed by atoms with Gasteiger partial charge in [0.2, 0.25) is 0 Å². The minimum Gasteiger partial charge on any atom is -0.383 e. The first-order valence-corrected chi connectivity index (χ1v) is 6.68. The number of likely N-dealkylation sites (N-methyl/N-ethyl adjacent to an activating group) is 1. The summed E-state index contributed by atoms with van der Waals surface area (Å²) in [4.78, 5) is 2.58. The fourth-order valence-electron chi connectivity index (χ4n) is 2.61. The van der Waals surface area contributed by atoms with Crippen LogP contribution in [0, 0.1) is 5.92 Å². The van der Waals surface area contributed by atoms with E-state index in [1.165, 1.54) is 38.8 Å². The van der Waals surface area contributed by atoms with Crippen molar-refractivity contribution in [1.29, 1.82) is 0 Å². The van der Waals surface area contributed by atoms with Crippen LogP contribution in [0.15, 0.2) is 0 Å². The maximum Gasteiger partial charge on any atom is 0.0628 e. The Labute approximate surface area is 101 Å². The molecule has 0 aromatic rings. The smallest absolute Gasteiger partial charge is 0.0628 e. The molecule has 1 unspecified atom stereocenters. The van der Waals surface area contributed by atoms with E-state index in [0.29, 0.717) is 6.04 Å². The topological polar surface area (TPSA) is 24.5 Å². The largest absolute Gasteiger partial charge is 0.383 e. The number of likely N-dealkylation sites (tertiary alicyclic amines) is 1. The summed E-state index contributed by atoms with van der Waals surface area (Å²) >= 11 is 0. The number of rotatable bonds is 7. The van der Waals surface area contributed by atoms with Gasteiger partial charge in [0.05, 0.1) is 6.61 Å². The maximum atomic E-state index is 5.21. The van der Waals surface area contributed by atoms with Gasteiger partial charge in [-0.2, -0.15) is 0 Å². The molecule has 0 bridgehead atoms. The Balaban J connectivity index is 2.20. The lowest BCUT2D eigenvalue weighted by Crippen LogP contribution is -2.45. The SMILES string of the molecule is CCCC1CCN(CC(COC)NC)CC1. The van der Waals surface area contributed by atoms with Gasteiger partial charge >= 0.3 is 0 Å². The Morgan fingerprint density at radius 3 is 2.56 bits per heavy atom. The van der Waals surface area contributed by atoms with Crippen molar-refractivity contribution in [3.05, 3.63) is 0 Å². The van der Waals surface area contributed by atoms with Crippen molar-refractivity contribution in [2.45, 2.75) is 38.6 Å². The molecular formula is C13H28N2O. The van der Waals surface area contributed by atoms with Crippen molar-refractivity contribution in [3.8, 4) is 0 Å². The summed E-state index contributed by atoms with van der Waals surface area (Å²) in [5, 5.41) is 3.32. The number of hydrogen-bond acceptors (Lipinski definition) is 3. The van der Waals surface area contributed by atoms with E-state index in [-0.39, 0.29) is 0 Å². The molecule has 0 radical (unpaired) electrons. The first-order valence-electron chi connectivity index (χ1n) is 6.68. The molecule has 0 aromatic carbocycles. The second kappa shape index (κ2) is 8.04. The van der Waals surface area contributed by atoms with E-state index in [2.05, 4.69) is 17.1 Å². The molecule has 1 saturated heterocycles. The van der Waals surface area contributed by atoms with Gasteiger partial charge in [0.25, 0.3) is 0 Å². The molecule has 16 heavy (non-hydrogen) atoms. The van der Waals surface area contributed by atoms with Gasteiger partial charge in [-0.05, 0) is 38.9 Å². The van der Waals surface area contributed by atoms with Crippen LogP contribution in [0.5, 0.6) is 0 Å². The first-order chi connectivity index (χ1) is 7.80. The normalized spacial score (nSPS) is 21.2. The highest BCUT2D eigenvalue weighted by Crippen LogP contribution is 2.21. The molecule has 0 saturated carbocycles. The quantitative estimate of drug-likeness (QED) is 0.718. The van der Waals surface area contributed by atoms with Crippen molar-refractivity contribution < 1.29 is 4.74 Å². The van der Waals surface area contributed by atoms with E-state index in [1.807, 2.05) is 7.05 Å². The lowest BCUT2D eigenvalue weighted by Gasteiger charge is -2.34. The van der Waals surface area contributed by atoms with E-state index in [0.717, 1.165) is 19.1 Å². The van der Waals surface area contributed by atoms with Gasteiger partial charge < -0.3 is 15.0 Å². The number of ether oxygens (including phenoxy) is 1. The average molecular weight is 228 g/mol. The lowest BCUT2D eigenvalue weighted by atomic mass is 9.92. The molecule has 0 aromatic heterocycles. The Morgan fingerprint density at radius 1 is 1.38 bits per heavy atom. The highest BCUT2D eigenvalue weighted by molar-refractivity contribution is 4.76. The number of nitrogens with zero attached hydrogens (tertiary/aromatic N) is 1. The summed E-state index contributed by atoms with van der Waals surface area (Å²) < 4.78 is 5.21. The van der Waals surface area contributed by atoms with E-state index in [4.69, 9.17) is 4.74 Å². The van der Waals surface area contributed by atoms with Crippen LogP contribution in [0.3, 0.4) is 0 Å². The van der Waals surface area contributed by atoms with Gasteiger partial charge in [0.1, 0.15) is 0 Å². The molecule has 1 N–H and O–H groups in total. The molecule has 1 rings (SSSR count). The van der Waals surface area contributed by atoms with Crippen LogP contribution in [0.2, 0.25) is 0 Å². The molecule has 0 spiro atoms. The van der Waals surface area contributed by atoms with Crippen LogP contribution < -0.4 is 5.32 Å². The van der Waals surface area contributed by atoms with Crippen LogP contribution in [-0.4, -0.2) is 51.3 Å². The summed E-state index contributed by atoms with van der Waals surface area (Å²) in [6.07, 6.45) is 5.53. The molecule has 0 amide bonds. The van der Waals surface area contributed by atoms with Crippen molar-refractivity contribution in [2.24, 2.45) is 5.92 Å². The standard InChI is InChI=1S/C13H28N2O/c1-4-5-12-6-8-15(9-7-12)10-13(14-2)11-16-3/h12-14H,4-11H2,1-3H3. The van der Waals surface area contributed by atoms with Crippen LogP contribution >= 0.6 is 0 Å². The summed E-state index contributed by atoms with van der Waals surface area (Å²) in [5.74, 6) is 0.983. The molecule has 1 heterocycles. The monoisotopic (exact) mass is 228 g/mol. The van der Waals surface area contributed by atoms with Gasteiger partial charge in [-0.15, -0.1) is 0 Å². The molecular weight excluding hydrogens is 200 g/mol. The Bertz CT molecular complexity index is 167. The van der Waals surface area contributed by atoms with Gasteiger partial charge in [0, 0.05) is 19.7 Å². The zero-order valence-corrected chi connectivity index (χ0v) is 11.2. The van der Waals surface area contributed by atoms with Crippen LogP contribution in [0.25, 0.3) is 0 Å². The van der Waals surface area contributed by atoms with E-state index >= 15 is 0 Å². The van der Waals surface area contributed by atoms with Crippen molar-refractivity contribution >= 4 is 0 Å². The zero-order chi connectivity index (χ0) is 11.8. The second-order valence-electron chi connectivity index (χ2n) is 4.97. The third-order valence-electron chi connectivity index (χ3n) is 3.66. The molecule has 1 aliphatic heterocycles. The van der Waals surface area contributed by atoms with Crippen LogP contribution in [0.4, 0.5) is 0 Å². The summed E-state index contributed by atoms with van der Waals surface area (Å²) in [6, 6.07) is 0.479. The van der Waals surface area contributed by atoms with Crippen molar-refractivity contribution in [2.75, 3.05) is 40.4 Å². The fourth-order valence-corrected chi connectivity index (χ4v) is 2.61. The third kappa shape index (κ3) is 4.81. The number of hydrogen-bond donors (Lipinski definition) is 1. The minimum absolute atomic E-state index is 0.479. The van der Waals surface area contributed by atoms with Crippen molar-refractivity contribution in [1.82, 2.24) is 10.2 Å². The van der Waals surface area contributed by atoms with Gasteiger partial charge in [-0.25, -0.2) is 0 Å². The number of methoxy groups -OCH3 is 1. The Kier molecular flexibility index (Phi) is 7.01. The van der Waals surface area contributed by atoms with Crippen LogP contribution in [-0.2, 0) is 4.74 Å². The molecule has 3 nitrogen and oxygen atoms in total. The zero-order valence-electron chi connectivity index (χ0n) is 11.2. The number of nitrogens with one attached hydrogen (secondary N) is 1. The van der Waals surface area contributed by atoms with Crippen molar-refractivity contribution in [3.63, 3.8) is 0 Å². The minimum atomic E-state index is 0.479. The van der Waals surface area contributed by atoms with E-state index in [9.17, 15) is 0 Å². The summed E-state index contributed by atoms with van der Waals surface area (Å²) in [7, 11) is 3.80. The van der Waals surface area contributed by atoms with Gasteiger partial charge in [0.15, 0.2) is 0 Å². The van der Waals surface area contributed by atoms with E-state index < -0.39 is 0 Å². The predicted molar refractivity (Wildman–Crippen MR) is 68.8 cm³/mol. The first kappa shape index (κ1) is 13.9. The summed E-state index contributed by atoms with van der Waals surface area (Å²) in [6.45, 7) is 6.77.